The average Bonchev–Trinajstić information content (AvgIpc) is 3.01. The van der Waals surface area contributed by atoms with Crippen molar-refractivity contribution in [1.29, 1.82) is 0 Å². The first-order chi connectivity index (χ1) is 12.5. The molecule has 0 spiro atoms. The molecule has 3 aromatic rings. The van der Waals surface area contributed by atoms with Gasteiger partial charge in [0.15, 0.2) is 0 Å². The first-order valence-electron chi connectivity index (χ1n) is 8.23. The number of halogens is 1. The van der Waals surface area contributed by atoms with E-state index in [1.165, 1.54) is 35.9 Å². The minimum Gasteiger partial charge on any atom is -0.496 e. The van der Waals surface area contributed by atoms with Crippen molar-refractivity contribution in [3.8, 4) is 5.75 Å². The van der Waals surface area contributed by atoms with Crippen LogP contribution < -0.4 is 10.1 Å². The lowest BCUT2D eigenvalue weighted by Gasteiger charge is -2.09. The second kappa shape index (κ2) is 7.39. The molecule has 134 valence electrons. The van der Waals surface area contributed by atoms with Crippen LogP contribution in [0, 0.1) is 5.82 Å². The van der Waals surface area contributed by atoms with E-state index in [2.05, 4.69) is 5.32 Å². The number of amides is 1. The molecule has 6 heteroatoms. The predicted molar refractivity (Wildman–Crippen MR) is 97.2 cm³/mol. The van der Waals surface area contributed by atoms with Gasteiger partial charge >= 0.3 is 0 Å². The van der Waals surface area contributed by atoms with Crippen LogP contribution in [0.4, 0.5) is 4.39 Å². The van der Waals surface area contributed by atoms with Crippen molar-refractivity contribution < 1.29 is 18.7 Å². The van der Waals surface area contributed by atoms with Gasteiger partial charge in [-0.25, -0.2) is 4.39 Å². The SMILES string of the molecule is COc1ccccc1CCNC(=O)c1cn(C(C)=O)c2ccc(F)cc12. The second-order valence-electron chi connectivity index (χ2n) is 5.91. The largest absolute Gasteiger partial charge is 0.496 e. The summed E-state index contributed by atoms with van der Waals surface area (Å²) in [5, 5.41) is 3.23. The number of para-hydroxylation sites is 1. The lowest BCUT2D eigenvalue weighted by molar-refractivity contribution is 0.0941. The van der Waals surface area contributed by atoms with Crippen LogP contribution in [0.25, 0.3) is 10.9 Å². The minimum absolute atomic E-state index is 0.241. The van der Waals surface area contributed by atoms with Crippen molar-refractivity contribution >= 4 is 22.7 Å². The maximum atomic E-state index is 13.6. The molecule has 0 saturated carbocycles. The Kier molecular flexibility index (Phi) is 5.02. The van der Waals surface area contributed by atoms with Crippen LogP contribution in [0.15, 0.2) is 48.7 Å². The van der Waals surface area contributed by atoms with Crippen molar-refractivity contribution in [2.24, 2.45) is 0 Å². The van der Waals surface area contributed by atoms with Gasteiger partial charge in [-0.3, -0.25) is 14.2 Å². The standard InChI is InChI=1S/C20H19FN2O3/c1-13(24)23-12-17(16-11-15(21)7-8-18(16)23)20(25)22-10-9-14-5-3-4-6-19(14)26-2/h3-8,11-12H,9-10H2,1-2H3,(H,22,25). The molecule has 1 aromatic heterocycles. The fraction of sp³-hybridized carbons (Fsp3) is 0.200. The van der Waals surface area contributed by atoms with Crippen LogP contribution in [0.3, 0.4) is 0 Å². The highest BCUT2D eigenvalue weighted by Crippen LogP contribution is 2.23. The maximum Gasteiger partial charge on any atom is 0.253 e. The third kappa shape index (κ3) is 3.44. The molecule has 3 rings (SSSR count). The highest BCUT2D eigenvalue weighted by molar-refractivity contribution is 6.09. The van der Waals surface area contributed by atoms with E-state index >= 15 is 0 Å². The fourth-order valence-corrected chi connectivity index (χ4v) is 2.96. The van der Waals surface area contributed by atoms with Gasteiger partial charge in [0.2, 0.25) is 5.91 Å². The molecule has 1 heterocycles. The van der Waals surface area contributed by atoms with Gasteiger partial charge in [-0.15, -0.1) is 0 Å². The van der Waals surface area contributed by atoms with E-state index < -0.39 is 5.82 Å². The second-order valence-corrected chi connectivity index (χ2v) is 5.91. The van der Waals surface area contributed by atoms with Crippen molar-refractivity contribution in [1.82, 2.24) is 9.88 Å². The minimum atomic E-state index is -0.457. The zero-order chi connectivity index (χ0) is 18.7. The Bertz CT molecular complexity index is 978. The monoisotopic (exact) mass is 354 g/mol. The van der Waals surface area contributed by atoms with Gasteiger partial charge in [-0.1, -0.05) is 18.2 Å². The fourth-order valence-electron chi connectivity index (χ4n) is 2.96. The Labute approximate surface area is 150 Å². The number of ether oxygens (including phenoxy) is 1. The highest BCUT2D eigenvalue weighted by Gasteiger charge is 2.17. The van der Waals surface area contributed by atoms with E-state index in [9.17, 15) is 14.0 Å². The average molecular weight is 354 g/mol. The van der Waals surface area contributed by atoms with Crippen LogP contribution in [0.1, 0.15) is 27.6 Å². The molecule has 0 aliphatic rings. The Morgan fingerprint density at radius 3 is 2.69 bits per heavy atom. The summed E-state index contributed by atoms with van der Waals surface area (Å²) in [5.74, 6) is -0.288. The summed E-state index contributed by atoms with van der Waals surface area (Å²) in [6.45, 7) is 1.79. The van der Waals surface area contributed by atoms with E-state index in [0.29, 0.717) is 23.9 Å². The molecule has 0 saturated heterocycles. The molecule has 26 heavy (non-hydrogen) atoms. The lowest BCUT2D eigenvalue weighted by atomic mass is 10.1. The van der Waals surface area contributed by atoms with E-state index in [0.717, 1.165) is 11.3 Å². The molecular weight excluding hydrogens is 335 g/mol. The van der Waals surface area contributed by atoms with Crippen LogP contribution in [-0.2, 0) is 6.42 Å². The Morgan fingerprint density at radius 2 is 1.96 bits per heavy atom. The lowest BCUT2D eigenvalue weighted by Crippen LogP contribution is -2.25. The topological polar surface area (TPSA) is 60.3 Å². The van der Waals surface area contributed by atoms with Crippen molar-refractivity contribution in [2.45, 2.75) is 13.3 Å². The third-order valence-corrected chi connectivity index (χ3v) is 4.22. The molecule has 2 aromatic carbocycles. The molecule has 0 fully saturated rings. The van der Waals surface area contributed by atoms with Gasteiger partial charge in [0.05, 0.1) is 18.2 Å². The highest BCUT2D eigenvalue weighted by atomic mass is 19.1. The molecule has 1 N–H and O–H groups in total. The molecule has 0 radical (unpaired) electrons. The molecule has 0 aliphatic heterocycles. The number of nitrogens with zero attached hydrogens (tertiary/aromatic N) is 1. The Balaban J connectivity index is 1.80. The summed E-state index contributed by atoms with van der Waals surface area (Å²) in [6, 6.07) is 11.6. The van der Waals surface area contributed by atoms with Gasteiger partial charge < -0.3 is 10.1 Å². The van der Waals surface area contributed by atoms with E-state index in [-0.39, 0.29) is 17.4 Å². The van der Waals surface area contributed by atoms with Gasteiger partial charge in [0, 0.05) is 25.1 Å². The van der Waals surface area contributed by atoms with Crippen LogP contribution in [0.2, 0.25) is 0 Å². The van der Waals surface area contributed by atoms with Crippen LogP contribution in [0.5, 0.6) is 5.75 Å². The van der Waals surface area contributed by atoms with E-state index in [1.54, 1.807) is 7.11 Å². The van der Waals surface area contributed by atoms with Gasteiger partial charge in [-0.2, -0.15) is 0 Å². The van der Waals surface area contributed by atoms with Crippen molar-refractivity contribution in [2.75, 3.05) is 13.7 Å². The van der Waals surface area contributed by atoms with Gasteiger partial charge in [0.25, 0.3) is 5.91 Å². The quantitative estimate of drug-likeness (QED) is 0.764. The first kappa shape index (κ1) is 17.7. The number of aromatic nitrogens is 1. The van der Waals surface area contributed by atoms with Crippen LogP contribution >= 0.6 is 0 Å². The number of carbonyl (C=O) groups excluding carboxylic acids is 2. The molecule has 0 bridgehead atoms. The number of methoxy groups -OCH3 is 1. The summed E-state index contributed by atoms with van der Waals surface area (Å²) < 4.78 is 20.3. The number of hydrogen-bond acceptors (Lipinski definition) is 3. The molecule has 0 atom stereocenters. The molecule has 0 unspecified atom stereocenters. The maximum absolute atomic E-state index is 13.6. The predicted octanol–water partition coefficient (Wildman–Crippen LogP) is 3.42. The molecular formula is C20H19FN2O3. The zero-order valence-electron chi connectivity index (χ0n) is 14.6. The number of rotatable bonds is 5. The summed E-state index contributed by atoms with van der Waals surface area (Å²) in [4.78, 5) is 24.3. The summed E-state index contributed by atoms with van der Waals surface area (Å²) >= 11 is 0. The summed E-state index contributed by atoms with van der Waals surface area (Å²) in [5.41, 5.74) is 1.76. The normalized spacial score (nSPS) is 10.7. The summed E-state index contributed by atoms with van der Waals surface area (Å²) in [7, 11) is 1.60. The number of fused-ring (bicyclic) bond motifs is 1. The van der Waals surface area contributed by atoms with Crippen molar-refractivity contribution in [3.05, 3.63) is 65.6 Å². The Morgan fingerprint density at radius 1 is 1.19 bits per heavy atom. The van der Waals surface area contributed by atoms with E-state index in [4.69, 9.17) is 4.74 Å². The molecule has 5 nitrogen and oxygen atoms in total. The van der Waals surface area contributed by atoms with Crippen molar-refractivity contribution in [3.63, 3.8) is 0 Å². The zero-order valence-corrected chi connectivity index (χ0v) is 14.6. The summed E-state index contributed by atoms with van der Waals surface area (Å²) in [6.07, 6.45) is 2.04. The third-order valence-electron chi connectivity index (χ3n) is 4.22. The first-order valence-corrected chi connectivity index (χ1v) is 8.23. The molecule has 0 aliphatic carbocycles. The Hall–Kier alpha value is -3.15. The number of nitrogens with one attached hydrogen (secondary N) is 1. The number of hydrogen-bond donors (Lipinski definition) is 1. The molecule has 1 amide bonds. The van der Waals surface area contributed by atoms with E-state index in [1.807, 2.05) is 24.3 Å². The number of carbonyl (C=O) groups is 2. The smallest absolute Gasteiger partial charge is 0.253 e. The number of benzene rings is 2. The van der Waals surface area contributed by atoms with Crippen LogP contribution in [-0.4, -0.2) is 30.0 Å². The van der Waals surface area contributed by atoms with Gasteiger partial charge in [0.1, 0.15) is 11.6 Å². The van der Waals surface area contributed by atoms with Gasteiger partial charge in [-0.05, 0) is 36.2 Å².